The SMILES string of the molecule is CC1(O)CCCN(C(=O)NC2CC2)C1. The summed E-state index contributed by atoms with van der Waals surface area (Å²) in [4.78, 5) is 13.4. The Balaban J connectivity index is 1.86. The number of aliphatic hydroxyl groups is 1. The Hall–Kier alpha value is -0.770. The number of rotatable bonds is 1. The van der Waals surface area contributed by atoms with Gasteiger partial charge in [0, 0.05) is 12.6 Å². The van der Waals surface area contributed by atoms with Gasteiger partial charge in [0.2, 0.25) is 0 Å². The third-order valence-corrected chi connectivity index (χ3v) is 2.87. The van der Waals surface area contributed by atoms with Gasteiger partial charge in [-0.1, -0.05) is 0 Å². The number of nitrogens with zero attached hydrogens (tertiary/aromatic N) is 1. The fourth-order valence-electron chi connectivity index (χ4n) is 1.89. The molecule has 80 valence electrons. The summed E-state index contributed by atoms with van der Waals surface area (Å²) in [5, 5.41) is 12.8. The summed E-state index contributed by atoms with van der Waals surface area (Å²) in [7, 11) is 0. The van der Waals surface area contributed by atoms with E-state index < -0.39 is 5.60 Å². The van der Waals surface area contributed by atoms with Crippen molar-refractivity contribution < 1.29 is 9.90 Å². The lowest BCUT2D eigenvalue weighted by atomic mass is 9.95. The molecule has 1 saturated carbocycles. The van der Waals surface area contributed by atoms with Crippen LogP contribution in [-0.2, 0) is 0 Å². The van der Waals surface area contributed by atoms with Gasteiger partial charge in [-0.2, -0.15) is 0 Å². The van der Waals surface area contributed by atoms with Crippen LogP contribution in [0.2, 0.25) is 0 Å². The number of hydrogen-bond acceptors (Lipinski definition) is 2. The molecule has 0 radical (unpaired) electrons. The molecule has 2 N–H and O–H groups in total. The lowest BCUT2D eigenvalue weighted by Crippen LogP contribution is -2.52. The predicted molar refractivity (Wildman–Crippen MR) is 53.0 cm³/mol. The third-order valence-electron chi connectivity index (χ3n) is 2.87. The van der Waals surface area contributed by atoms with Crippen LogP contribution in [0.1, 0.15) is 32.6 Å². The highest BCUT2D eigenvalue weighted by Gasteiger charge is 2.33. The Kier molecular flexibility index (Phi) is 2.39. The number of likely N-dealkylation sites (tertiary alicyclic amines) is 1. The molecule has 0 aromatic carbocycles. The molecule has 1 aliphatic heterocycles. The van der Waals surface area contributed by atoms with E-state index >= 15 is 0 Å². The molecule has 1 unspecified atom stereocenters. The van der Waals surface area contributed by atoms with Gasteiger partial charge in [0.25, 0.3) is 0 Å². The van der Waals surface area contributed by atoms with Crippen molar-refractivity contribution in [2.24, 2.45) is 0 Å². The van der Waals surface area contributed by atoms with E-state index in [0.717, 1.165) is 32.2 Å². The standard InChI is InChI=1S/C10H18N2O2/c1-10(14)5-2-6-12(7-10)9(13)11-8-3-4-8/h8,14H,2-7H2,1H3,(H,11,13). The van der Waals surface area contributed by atoms with Crippen molar-refractivity contribution in [1.29, 1.82) is 0 Å². The van der Waals surface area contributed by atoms with Gasteiger partial charge in [-0.15, -0.1) is 0 Å². The number of nitrogens with one attached hydrogen (secondary N) is 1. The summed E-state index contributed by atoms with van der Waals surface area (Å²) in [6, 6.07) is 0.391. The summed E-state index contributed by atoms with van der Waals surface area (Å²) in [6.07, 6.45) is 3.90. The van der Waals surface area contributed by atoms with Gasteiger partial charge in [0.05, 0.1) is 12.1 Å². The van der Waals surface area contributed by atoms with Crippen LogP contribution in [0, 0.1) is 0 Å². The molecule has 1 heterocycles. The van der Waals surface area contributed by atoms with Crippen molar-refractivity contribution >= 4 is 6.03 Å². The topological polar surface area (TPSA) is 52.6 Å². The molecule has 0 bridgehead atoms. The first-order chi connectivity index (χ1) is 6.57. The minimum absolute atomic E-state index is 0.00697. The predicted octanol–water partition coefficient (Wildman–Crippen LogP) is 0.705. The minimum atomic E-state index is -0.695. The second kappa shape index (κ2) is 3.42. The van der Waals surface area contributed by atoms with Gasteiger partial charge in [0.15, 0.2) is 0 Å². The fourth-order valence-corrected chi connectivity index (χ4v) is 1.89. The first kappa shape index (κ1) is 9.77. The number of urea groups is 1. The third kappa shape index (κ3) is 2.38. The Morgan fingerprint density at radius 2 is 2.29 bits per heavy atom. The maximum absolute atomic E-state index is 11.6. The number of amides is 2. The lowest BCUT2D eigenvalue weighted by Gasteiger charge is -2.36. The zero-order valence-electron chi connectivity index (χ0n) is 8.62. The number of β-amino-alcohol motifs (C(OH)–C–C–N with tert-alkyl or cyclic N) is 1. The van der Waals surface area contributed by atoms with E-state index in [4.69, 9.17) is 0 Å². The number of hydrogen-bond donors (Lipinski definition) is 2. The van der Waals surface area contributed by atoms with E-state index in [1.165, 1.54) is 0 Å². The molecule has 2 aliphatic rings. The van der Waals surface area contributed by atoms with Crippen LogP contribution < -0.4 is 5.32 Å². The molecular formula is C10H18N2O2. The molecule has 2 amide bonds. The molecule has 0 aromatic rings. The first-order valence-electron chi connectivity index (χ1n) is 5.35. The van der Waals surface area contributed by atoms with E-state index in [-0.39, 0.29) is 6.03 Å². The fraction of sp³-hybridized carbons (Fsp3) is 0.900. The van der Waals surface area contributed by atoms with Crippen molar-refractivity contribution in [3.05, 3.63) is 0 Å². The molecule has 14 heavy (non-hydrogen) atoms. The number of carbonyl (C=O) groups excluding carboxylic acids is 1. The largest absolute Gasteiger partial charge is 0.388 e. The van der Waals surface area contributed by atoms with Crippen LogP contribution in [0.15, 0.2) is 0 Å². The Morgan fingerprint density at radius 3 is 2.86 bits per heavy atom. The zero-order chi connectivity index (χ0) is 10.2. The van der Waals surface area contributed by atoms with E-state index in [0.29, 0.717) is 12.6 Å². The molecule has 1 saturated heterocycles. The maximum Gasteiger partial charge on any atom is 0.317 e. The Labute approximate surface area is 84.3 Å². The zero-order valence-corrected chi connectivity index (χ0v) is 8.62. The summed E-state index contributed by atoms with van der Waals surface area (Å²) < 4.78 is 0. The van der Waals surface area contributed by atoms with Gasteiger partial charge in [-0.05, 0) is 32.6 Å². The quantitative estimate of drug-likeness (QED) is 0.652. The van der Waals surface area contributed by atoms with Crippen molar-refractivity contribution in [2.75, 3.05) is 13.1 Å². The summed E-state index contributed by atoms with van der Waals surface area (Å²) in [6.45, 7) is 3.03. The Bertz CT molecular complexity index is 236. The smallest absolute Gasteiger partial charge is 0.317 e. The van der Waals surface area contributed by atoms with Gasteiger partial charge in [-0.3, -0.25) is 0 Å². The second-order valence-electron chi connectivity index (χ2n) is 4.75. The van der Waals surface area contributed by atoms with Crippen molar-refractivity contribution in [1.82, 2.24) is 10.2 Å². The molecule has 0 aromatic heterocycles. The van der Waals surface area contributed by atoms with Crippen LogP contribution in [-0.4, -0.2) is 40.8 Å². The van der Waals surface area contributed by atoms with E-state index in [1.807, 2.05) is 0 Å². The summed E-state index contributed by atoms with van der Waals surface area (Å²) in [5.41, 5.74) is -0.695. The number of carbonyl (C=O) groups is 1. The van der Waals surface area contributed by atoms with Crippen LogP contribution in [0.25, 0.3) is 0 Å². The summed E-state index contributed by atoms with van der Waals surface area (Å²) >= 11 is 0. The molecule has 2 fully saturated rings. The van der Waals surface area contributed by atoms with Crippen LogP contribution >= 0.6 is 0 Å². The van der Waals surface area contributed by atoms with Gasteiger partial charge < -0.3 is 15.3 Å². The molecule has 1 atom stereocenters. The molecule has 0 spiro atoms. The molecule has 2 rings (SSSR count). The van der Waals surface area contributed by atoms with Crippen LogP contribution in [0.5, 0.6) is 0 Å². The van der Waals surface area contributed by atoms with Gasteiger partial charge in [0.1, 0.15) is 0 Å². The van der Waals surface area contributed by atoms with E-state index in [2.05, 4.69) is 5.32 Å². The summed E-state index contributed by atoms with van der Waals surface area (Å²) in [5.74, 6) is 0. The minimum Gasteiger partial charge on any atom is -0.388 e. The highest BCUT2D eigenvalue weighted by Crippen LogP contribution is 2.22. The normalized spacial score (nSPS) is 32.9. The van der Waals surface area contributed by atoms with Crippen molar-refractivity contribution in [2.45, 2.75) is 44.2 Å². The van der Waals surface area contributed by atoms with Gasteiger partial charge in [-0.25, -0.2) is 4.79 Å². The van der Waals surface area contributed by atoms with Crippen LogP contribution in [0.4, 0.5) is 4.79 Å². The maximum atomic E-state index is 11.6. The highest BCUT2D eigenvalue weighted by atomic mass is 16.3. The van der Waals surface area contributed by atoms with Gasteiger partial charge >= 0.3 is 6.03 Å². The second-order valence-corrected chi connectivity index (χ2v) is 4.75. The van der Waals surface area contributed by atoms with Crippen LogP contribution in [0.3, 0.4) is 0 Å². The molecule has 1 aliphatic carbocycles. The average molecular weight is 198 g/mol. The molecular weight excluding hydrogens is 180 g/mol. The Morgan fingerprint density at radius 1 is 1.57 bits per heavy atom. The highest BCUT2D eigenvalue weighted by molar-refractivity contribution is 5.75. The monoisotopic (exact) mass is 198 g/mol. The lowest BCUT2D eigenvalue weighted by molar-refractivity contribution is -0.00253. The molecule has 4 nitrogen and oxygen atoms in total. The molecule has 4 heteroatoms. The average Bonchev–Trinajstić information content (AvgIpc) is 2.86. The van der Waals surface area contributed by atoms with Crippen molar-refractivity contribution in [3.63, 3.8) is 0 Å². The van der Waals surface area contributed by atoms with E-state index in [1.54, 1.807) is 11.8 Å². The van der Waals surface area contributed by atoms with Crippen molar-refractivity contribution in [3.8, 4) is 0 Å². The number of piperidine rings is 1. The van der Waals surface area contributed by atoms with E-state index in [9.17, 15) is 9.90 Å². The first-order valence-corrected chi connectivity index (χ1v) is 5.35.